The maximum atomic E-state index is 12.3. The van der Waals surface area contributed by atoms with Crippen molar-refractivity contribution in [2.75, 3.05) is 31.5 Å². The van der Waals surface area contributed by atoms with Gasteiger partial charge in [-0.3, -0.25) is 14.5 Å². The summed E-state index contributed by atoms with van der Waals surface area (Å²) in [5.74, 6) is 0.652. The number of amides is 2. The van der Waals surface area contributed by atoms with E-state index in [4.69, 9.17) is 0 Å². The van der Waals surface area contributed by atoms with Crippen LogP contribution in [0.5, 0.6) is 5.75 Å². The monoisotopic (exact) mass is 434 g/mol. The van der Waals surface area contributed by atoms with Gasteiger partial charge in [-0.05, 0) is 48.1 Å². The lowest BCUT2D eigenvalue weighted by molar-refractivity contribution is -0.274. The van der Waals surface area contributed by atoms with E-state index in [0.29, 0.717) is 30.1 Å². The largest absolute Gasteiger partial charge is 0.573 e. The van der Waals surface area contributed by atoms with Crippen LogP contribution in [0.25, 0.3) is 0 Å². The summed E-state index contributed by atoms with van der Waals surface area (Å²) in [6.45, 7) is 2.28. The molecule has 31 heavy (non-hydrogen) atoms. The third-order valence-electron chi connectivity index (χ3n) is 5.57. The number of aromatic nitrogens is 1. The van der Waals surface area contributed by atoms with E-state index in [1.54, 1.807) is 24.4 Å². The van der Waals surface area contributed by atoms with Crippen LogP contribution in [0, 0.1) is 17.8 Å². The molecular weight excluding hydrogens is 413 g/mol. The third-order valence-corrected chi connectivity index (χ3v) is 5.57. The van der Waals surface area contributed by atoms with Crippen molar-refractivity contribution in [3.8, 4) is 5.75 Å². The van der Waals surface area contributed by atoms with Crippen LogP contribution in [0.15, 0.2) is 48.7 Å². The average molecular weight is 434 g/mol. The van der Waals surface area contributed by atoms with Gasteiger partial charge in [0.05, 0.1) is 6.54 Å². The van der Waals surface area contributed by atoms with Gasteiger partial charge in [0.2, 0.25) is 5.91 Å². The third kappa shape index (κ3) is 5.52. The van der Waals surface area contributed by atoms with Crippen LogP contribution in [0.2, 0.25) is 0 Å². The highest BCUT2D eigenvalue weighted by molar-refractivity contribution is 5.94. The minimum atomic E-state index is -4.80. The van der Waals surface area contributed by atoms with Crippen molar-refractivity contribution in [1.29, 1.82) is 0 Å². The Balaban J connectivity index is 1.19. The fourth-order valence-corrected chi connectivity index (χ4v) is 4.14. The molecule has 0 spiro atoms. The first kappa shape index (κ1) is 21.1. The number of alkyl halides is 3. The van der Waals surface area contributed by atoms with Crippen LogP contribution in [0.4, 0.5) is 19.0 Å². The van der Waals surface area contributed by atoms with E-state index >= 15 is 0 Å². The molecule has 2 fully saturated rings. The zero-order chi connectivity index (χ0) is 22.0. The van der Waals surface area contributed by atoms with Gasteiger partial charge in [0.1, 0.15) is 11.6 Å². The standard InChI is InChI=1S/C21H21F3N4O3/c22-21(23,24)31-14-5-3-4-13(8-14)20(30)26-9-15-16-10-28(11-17(15)16)12-19(29)27-18-6-1-2-7-25-18/h1-8,15-17H,9-12H2,(H,26,30)(H,25,27,29). The Morgan fingerprint density at radius 2 is 1.90 bits per heavy atom. The van der Waals surface area contributed by atoms with E-state index in [1.165, 1.54) is 12.1 Å². The lowest BCUT2D eigenvalue weighted by atomic mass is 10.2. The highest BCUT2D eigenvalue weighted by Gasteiger charge is 2.55. The topological polar surface area (TPSA) is 83.6 Å². The molecule has 1 saturated heterocycles. The molecule has 0 radical (unpaired) electrons. The lowest BCUT2D eigenvalue weighted by Crippen LogP contribution is -2.35. The number of pyridine rings is 1. The summed E-state index contributed by atoms with van der Waals surface area (Å²) in [7, 11) is 0. The molecule has 2 heterocycles. The average Bonchev–Trinajstić information content (AvgIpc) is 3.16. The number of carbonyl (C=O) groups is 2. The zero-order valence-corrected chi connectivity index (χ0v) is 16.4. The van der Waals surface area contributed by atoms with Gasteiger partial charge in [-0.15, -0.1) is 13.2 Å². The second-order valence-electron chi connectivity index (χ2n) is 7.73. The maximum absolute atomic E-state index is 12.3. The first-order chi connectivity index (χ1) is 14.8. The number of fused-ring (bicyclic) bond motifs is 1. The highest BCUT2D eigenvalue weighted by atomic mass is 19.4. The normalized spacial score (nSPS) is 22.5. The number of halogens is 3. The molecule has 1 aliphatic heterocycles. The first-order valence-corrected chi connectivity index (χ1v) is 9.86. The van der Waals surface area contributed by atoms with E-state index in [0.717, 1.165) is 25.2 Å². The molecule has 2 amide bonds. The van der Waals surface area contributed by atoms with Crippen LogP contribution in [-0.4, -0.2) is 54.2 Å². The van der Waals surface area contributed by atoms with Crippen LogP contribution in [0.3, 0.4) is 0 Å². The number of carbonyl (C=O) groups excluding carboxylic acids is 2. The Hall–Kier alpha value is -3.14. The fourth-order valence-electron chi connectivity index (χ4n) is 4.14. The van der Waals surface area contributed by atoms with Gasteiger partial charge >= 0.3 is 6.36 Å². The van der Waals surface area contributed by atoms with Crippen molar-refractivity contribution in [2.45, 2.75) is 6.36 Å². The molecule has 2 aliphatic rings. The van der Waals surface area contributed by atoms with Crippen LogP contribution in [0.1, 0.15) is 10.4 Å². The molecule has 4 rings (SSSR count). The number of likely N-dealkylation sites (tertiary alicyclic amines) is 1. The summed E-state index contributed by atoms with van der Waals surface area (Å²) in [6.07, 6.45) is -3.19. The quantitative estimate of drug-likeness (QED) is 0.700. The number of hydrogen-bond donors (Lipinski definition) is 2. The second kappa shape index (κ2) is 8.54. The maximum Gasteiger partial charge on any atom is 0.573 e. The van der Waals surface area contributed by atoms with Crippen molar-refractivity contribution in [3.05, 3.63) is 54.2 Å². The van der Waals surface area contributed by atoms with Gasteiger partial charge in [0.15, 0.2) is 0 Å². The molecule has 1 aliphatic carbocycles. The van der Waals surface area contributed by atoms with Crippen LogP contribution >= 0.6 is 0 Å². The van der Waals surface area contributed by atoms with Crippen molar-refractivity contribution in [2.24, 2.45) is 17.8 Å². The molecule has 2 aromatic rings. The van der Waals surface area contributed by atoms with Crippen LogP contribution in [-0.2, 0) is 4.79 Å². The van der Waals surface area contributed by atoms with Crippen molar-refractivity contribution < 1.29 is 27.5 Å². The number of nitrogens with one attached hydrogen (secondary N) is 2. The molecule has 1 aromatic carbocycles. The molecule has 2 N–H and O–H groups in total. The minimum absolute atomic E-state index is 0.111. The van der Waals surface area contributed by atoms with Gasteiger partial charge in [0.25, 0.3) is 5.91 Å². The predicted molar refractivity (Wildman–Crippen MR) is 105 cm³/mol. The number of rotatable bonds is 7. The lowest BCUT2D eigenvalue weighted by Gasteiger charge is -2.19. The Kier molecular flexibility index (Phi) is 5.81. The Bertz CT molecular complexity index is 942. The molecule has 164 valence electrons. The number of nitrogens with zero attached hydrogens (tertiary/aromatic N) is 2. The Morgan fingerprint density at radius 3 is 2.58 bits per heavy atom. The number of benzene rings is 1. The van der Waals surface area contributed by atoms with E-state index in [2.05, 4.69) is 25.3 Å². The highest BCUT2D eigenvalue weighted by Crippen LogP contribution is 2.51. The molecule has 2 atom stereocenters. The number of piperidine rings is 1. The summed E-state index contributed by atoms with van der Waals surface area (Å²) in [5, 5.41) is 5.54. The number of hydrogen-bond acceptors (Lipinski definition) is 5. The number of ether oxygens (including phenoxy) is 1. The first-order valence-electron chi connectivity index (χ1n) is 9.86. The molecule has 2 unspecified atom stereocenters. The Labute approximate surface area is 176 Å². The predicted octanol–water partition coefficient (Wildman–Crippen LogP) is 2.53. The molecule has 10 heteroatoms. The van der Waals surface area contributed by atoms with Gasteiger partial charge in [0, 0.05) is 31.4 Å². The summed E-state index contributed by atoms with van der Waals surface area (Å²) >= 11 is 0. The van der Waals surface area contributed by atoms with Gasteiger partial charge in [-0.25, -0.2) is 4.98 Å². The fraction of sp³-hybridized carbons (Fsp3) is 0.381. The van der Waals surface area contributed by atoms with E-state index in [-0.39, 0.29) is 18.0 Å². The van der Waals surface area contributed by atoms with Crippen molar-refractivity contribution in [1.82, 2.24) is 15.2 Å². The Morgan fingerprint density at radius 1 is 1.13 bits per heavy atom. The smallest absolute Gasteiger partial charge is 0.406 e. The summed E-state index contributed by atoms with van der Waals surface area (Å²) in [4.78, 5) is 30.5. The molecule has 0 bridgehead atoms. The van der Waals surface area contributed by atoms with E-state index < -0.39 is 18.0 Å². The molecule has 1 saturated carbocycles. The van der Waals surface area contributed by atoms with Gasteiger partial charge in [-0.2, -0.15) is 0 Å². The SMILES string of the molecule is O=C(CN1CC2C(CNC(=O)c3cccc(OC(F)(F)F)c3)C2C1)Nc1ccccn1. The van der Waals surface area contributed by atoms with E-state index in [9.17, 15) is 22.8 Å². The summed E-state index contributed by atoms with van der Waals surface area (Å²) in [6, 6.07) is 10.3. The molecule has 7 nitrogen and oxygen atoms in total. The van der Waals surface area contributed by atoms with Crippen molar-refractivity contribution in [3.63, 3.8) is 0 Å². The van der Waals surface area contributed by atoms with Crippen molar-refractivity contribution >= 4 is 17.6 Å². The zero-order valence-electron chi connectivity index (χ0n) is 16.4. The summed E-state index contributed by atoms with van der Waals surface area (Å²) < 4.78 is 40.8. The second-order valence-corrected chi connectivity index (χ2v) is 7.73. The molecule has 1 aromatic heterocycles. The molecular formula is C21H21F3N4O3. The number of anilines is 1. The van der Waals surface area contributed by atoms with Gasteiger partial charge < -0.3 is 15.4 Å². The van der Waals surface area contributed by atoms with E-state index in [1.807, 2.05) is 0 Å². The van der Waals surface area contributed by atoms with Gasteiger partial charge in [-0.1, -0.05) is 12.1 Å². The van der Waals surface area contributed by atoms with Crippen LogP contribution < -0.4 is 15.4 Å². The summed E-state index contributed by atoms with van der Waals surface area (Å²) in [5.41, 5.74) is 0.111. The minimum Gasteiger partial charge on any atom is -0.406 e.